The molecule has 8 saturated heterocycles. The smallest absolute Gasteiger partial charge is 0.407 e. The average Bonchev–Trinajstić information content (AvgIpc) is 1.60. The maximum Gasteiger partial charge on any atom is 0.407 e. The molecule has 8 fully saturated rings. The molecule has 712 valence electrons. The van der Waals surface area contributed by atoms with Gasteiger partial charge < -0.3 is 104 Å². The molecule has 8 N–H and O–H groups in total. The molecular formula is C104H112N14O19. The van der Waals surface area contributed by atoms with Gasteiger partial charge in [0.25, 0.3) is 0 Å². The highest BCUT2D eigenvalue weighted by Gasteiger charge is 2.56. The highest BCUT2D eigenvalue weighted by Crippen LogP contribution is 2.47. The van der Waals surface area contributed by atoms with Crippen molar-refractivity contribution in [1.29, 1.82) is 0 Å². The highest BCUT2D eigenvalue weighted by atomic mass is 16.7. The number of alkyl carbamates (subject to hydrolysis) is 4. The first-order valence-electron chi connectivity index (χ1n) is 46.8. The number of aliphatic carboxylic acids is 1. The summed E-state index contributed by atoms with van der Waals surface area (Å²) in [5.41, 5.74) is 16.2. The van der Waals surface area contributed by atoms with Gasteiger partial charge in [0.2, 0.25) is 17.7 Å². The van der Waals surface area contributed by atoms with E-state index in [4.69, 9.17) is 67.7 Å². The SMILES string of the molecule is COC(=O)N[C@@H](C(=O)O)c1ccccc1.COC(=O)N[C@H](C(=O)N1CC2(C[C@H]1c1ncc(-c3ccc4cc(-c5ccc(C6=CN=C(C7CCCN7)C6)cc5)ccc4c3)[nH]1)OCCO2)C1CCOCC1.COC(=O)N[C@H](C(=O)N1CC2(C[C@H]1c1ncc(-c3ccc4cc(-c5ccc(C6=CN=C(C7CCCN7C(=O)[C@H](NC(=O)OC)c7ccccc7)C6)cc5)ccc4c3)[nH]1)OCCO2)C1CCOCC1. The molecule has 10 aliphatic rings. The Morgan fingerprint density at radius 1 is 0.416 bits per heavy atom. The number of carboxylic acid groups (broad SMARTS) is 1. The van der Waals surface area contributed by atoms with Crippen molar-refractivity contribution in [2.45, 2.75) is 137 Å². The number of carboxylic acids is 1. The number of amides is 7. The summed E-state index contributed by atoms with van der Waals surface area (Å²) in [6.07, 6.45) is 13.8. The van der Waals surface area contributed by atoms with Gasteiger partial charge in [-0.1, -0.05) is 158 Å². The molecule has 33 heteroatoms. The number of imidazole rings is 2. The van der Waals surface area contributed by atoms with Crippen LogP contribution in [0.4, 0.5) is 19.2 Å². The fourth-order valence-corrected chi connectivity index (χ4v) is 20.3. The zero-order valence-corrected chi connectivity index (χ0v) is 76.8. The fraction of sp³-hybridized carbons (Fsp3) is 0.385. The lowest BCUT2D eigenvalue weighted by Crippen LogP contribution is -2.54. The van der Waals surface area contributed by atoms with Gasteiger partial charge in [-0.15, -0.1) is 0 Å². The molecule has 8 aromatic carbocycles. The maximum absolute atomic E-state index is 14.5. The summed E-state index contributed by atoms with van der Waals surface area (Å²) in [6.45, 7) is 6.00. The normalized spacial score (nSPS) is 20.9. The lowest BCUT2D eigenvalue weighted by Gasteiger charge is -2.34. The van der Waals surface area contributed by atoms with Gasteiger partial charge in [-0.3, -0.25) is 24.4 Å². The average molecular weight is 1860 g/mol. The summed E-state index contributed by atoms with van der Waals surface area (Å²) in [6, 6.07) is 56.5. The van der Waals surface area contributed by atoms with Crippen LogP contribution < -0.4 is 26.6 Å². The van der Waals surface area contributed by atoms with Gasteiger partial charge in [0.05, 0.1) is 110 Å². The first kappa shape index (κ1) is 93.6. The molecule has 10 aliphatic heterocycles. The van der Waals surface area contributed by atoms with E-state index in [9.17, 15) is 38.4 Å². The Morgan fingerprint density at radius 3 is 1.24 bits per heavy atom. The highest BCUT2D eigenvalue weighted by molar-refractivity contribution is 6.05. The van der Waals surface area contributed by atoms with E-state index < -0.39 is 78.2 Å². The molecule has 0 bridgehead atoms. The van der Waals surface area contributed by atoms with Crippen molar-refractivity contribution in [2.24, 2.45) is 21.8 Å². The zero-order valence-electron chi connectivity index (χ0n) is 76.8. The van der Waals surface area contributed by atoms with Crippen LogP contribution in [0, 0.1) is 11.8 Å². The Morgan fingerprint density at radius 2 is 0.810 bits per heavy atom. The van der Waals surface area contributed by atoms with E-state index in [2.05, 4.69) is 163 Å². The van der Waals surface area contributed by atoms with E-state index in [1.807, 2.05) is 53.8 Å². The van der Waals surface area contributed by atoms with E-state index in [0.717, 1.165) is 103 Å². The Labute approximate surface area is 791 Å². The van der Waals surface area contributed by atoms with Gasteiger partial charge in [-0.05, 0) is 171 Å². The van der Waals surface area contributed by atoms with E-state index in [0.29, 0.717) is 133 Å². The van der Waals surface area contributed by atoms with Crippen LogP contribution in [0.1, 0.15) is 135 Å². The molecule has 137 heavy (non-hydrogen) atoms. The number of nitrogens with zero attached hydrogens (tertiary/aromatic N) is 7. The van der Waals surface area contributed by atoms with Crippen LogP contribution in [0.5, 0.6) is 0 Å². The third-order valence-electron chi connectivity index (χ3n) is 27.6. The number of nitrogens with one attached hydrogen (secondary N) is 7. The van der Waals surface area contributed by atoms with E-state index in [1.54, 1.807) is 46.3 Å². The summed E-state index contributed by atoms with van der Waals surface area (Å²) < 4.78 is 54.6. The number of methoxy groups -OCH3 is 4. The third kappa shape index (κ3) is 21.1. The number of hydrogen-bond acceptors (Lipinski definition) is 23. The number of aromatic amines is 2. The molecule has 0 radical (unpaired) electrons. The van der Waals surface area contributed by atoms with E-state index in [-0.39, 0.29) is 48.7 Å². The number of carbonyl (C=O) groups is 8. The van der Waals surface area contributed by atoms with Crippen molar-refractivity contribution in [2.75, 3.05) is 107 Å². The quantitative estimate of drug-likeness (QED) is 0.0292. The molecule has 20 rings (SSSR count). The molecule has 33 nitrogen and oxygen atoms in total. The molecule has 2 spiro atoms. The molecule has 0 aliphatic carbocycles. The topological polar surface area (TPSA) is 401 Å². The minimum absolute atomic E-state index is 0.0882. The number of aromatic nitrogens is 4. The number of rotatable bonds is 22. The van der Waals surface area contributed by atoms with Crippen LogP contribution in [0.25, 0.3) is 77.5 Å². The van der Waals surface area contributed by atoms with Gasteiger partial charge in [-0.2, -0.15) is 0 Å². The monoisotopic (exact) mass is 1860 g/mol. The van der Waals surface area contributed by atoms with Crippen LogP contribution in [-0.4, -0.2) is 242 Å². The van der Waals surface area contributed by atoms with Crippen molar-refractivity contribution < 1.29 is 90.8 Å². The molecular weight excluding hydrogens is 1750 g/mol. The molecule has 7 amide bonds. The Bertz CT molecular complexity index is 6190. The van der Waals surface area contributed by atoms with E-state index >= 15 is 0 Å². The van der Waals surface area contributed by atoms with Crippen molar-refractivity contribution in [3.8, 4) is 44.8 Å². The Kier molecular flexibility index (Phi) is 28.8. The van der Waals surface area contributed by atoms with Crippen LogP contribution in [0.3, 0.4) is 0 Å². The van der Waals surface area contributed by atoms with Crippen molar-refractivity contribution in [1.82, 2.24) is 61.2 Å². The fourth-order valence-electron chi connectivity index (χ4n) is 20.3. The minimum atomic E-state index is -1.13. The summed E-state index contributed by atoms with van der Waals surface area (Å²) in [4.78, 5) is 133. The van der Waals surface area contributed by atoms with Gasteiger partial charge in [0, 0.05) is 99.6 Å². The number of aliphatic imine (C=N–C) groups is 2. The number of allylic oxidation sites excluding steroid dienone is 2. The van der Waals surface area contributed by atoms with Gasteiger partial charge in [-0.25, -0.2) is 33.9 Å². The third-order valence-corrected chi connectivity index (χ3v) is 27.6. The molecule has 8 atom stereocenters. The minimum Gasteiger partial charge on any atom is -0.479 e. The first-order chi connectivity index (χ1) is 66.8. The summed E-state index contributed by atoms with van der Waals surface area (Å²) >= 11 is 0. The number of carbonyl (C=O) groups excluding carboxylic acids is 7. The molecule has 2 aromatic heterocycles. The van der Waals surface area contributed by atoms with Crippen LogP contribution in [0.2, 0.25) is 0 Å². The Balaban J connectivity index is 0.000000161. The van der Waals surface area contributed by atoms with Crippen molar-refractivity contribution in [3.63, 3.8) is 0 Å². The van der Waals surface area contributed by atoms with Crippen molar-refractivity contribution >= 4 is 92.2 Å². The lowest BCUT2D eigenvalue weighted by molar-refractivity contribution is -0.154. The van der Waals surface area contributed by atoms with Crippen LogP contribution in [0.15, 0.2) is 217 Å². The number of likely N-dealkylation sites (tertiary alicyclic amines) is 3. The lowest BCUT2D eigenvalue weighted by atomic mass is 9.90. The second-order valence-electron chi connectivity index (χ2n) is 35.8. The predicted molar refractivity (Wildman–Crippen MR) is 510 cm³/mol. The number of H-pyrrole nitrogens is 2. The number of ether oxygens (including phenoxy) is 10. The van der Waals surface area contributed by atoms with Gasteiger partial charge >= 0.3 is 30.3 Å². The number of benzene rings is 8. The summed E-state index contributed by atoms with van der Waals surface area (Å²) in [5.74, 6) is -2.57. The van der Waals surface area contributed by atoms with Crippen molar-refractivity contribution in [3.05, 3.63) is 241 Å². The summed E-state index contributed by atoms with van der Waals surface area (Å²) in [7, 11) is 5.07. The van der Waals surface area contributed by atoms with Gasteiger partial charge in [0.1, 0.15) is 29.8 Å². The zero-order chi connectivity index (χ0) is 94.7. The number of hydrogen-bond donors (Lipinski definition) is 8. The van der Waals surface area contributed by atoms with Crippen LogP contribution >= 0.6 is 0 Å². The largest absolute Gasteiger partial charge is 0.479 e. The molecule has 0 saturated carbocycles. The van der Waals surface area contributed by atoms with Crippen LogP contribution in [-0.2, 0) is 66.5 Å². The first-order valence-corrected chi connectivity index (χ1v) is 46.8. The number of fused-ring (bicyclic) bond motifs is 2. The molecule has 12 heterocycles. The maximum atomic E-state index is 14.5. The molecule has 2 unspecified atom stereocenters. The Hall–Kier alpha value is -13.8. The van der Waals surface area contributed by atoms with E-state index in [1.165, 1.54) is 63.7 Å². The summed E-state index contributed by atoms with van der Waals surface area (Å²) in [5, 5.41) is 27.5. The second kappa shape index (κ2) is 42.2. The standard InChI is InChI=1S/C52H55N7O9.C42H46N6O6.C10H11NO4/c1-64-50(62)56-45(34-7-4-3-5-8-34)48(60)58-20-6-9-43(58)41-27-40(29-53-41)33-12-10-32(11-13-33)36-14-15-38-26-39(17-16-37(38)25-36)42-30-54-47(55-42)44-28-52(67-23-24-68-52)31-59(44)49(61)46(57-51(63)65-2)35-18-21-66-22-19-35;1-51-41(50)47-38(28-12-15-52-16-13-28)40(49)48-25-42(53-17-18-54-42)22-37(48)39-45-24-36(46-39)32-11-10-30-19-29(8-9-31(30)20-32)26-4-6-27(7-5-26)33-21-35(44-23-33)34-3-2-14-43-34;1-15-10(14)11-8(9(12)13)7-5-3-2-4-6-7/h3-5,7-8,10-17,25-26,29-30,35,43-46H,6,9,18-24,27-28,31H2,1-2H3,(H,54,55)(H,56,62)(H,57,63);4-11,19-20,23-24,28,34,37-38,43H,2-3,12-18,21-22,25H2,1H3,(H,45,46)(H,47,50);2-6,8H,1H3,(H,11,14)(H,12,13)/t43?,44-,45+,46-;34?,37-,38-;8-/m001/s1. The molecule has 10 aromatic rings. The second-order valence-corrected chi connectivity index (χ2v) is 35.8. The predicted octanol–water partition coefficient (Wildman–Crippen LogP) is 14.5. The van der Waals surface area contributed by atoms with Gasteiger partial charge in [0.15, 0.2) is 17.6 Å².